The highest BCUT2D eigenvalue weighted by Crippen LogP contribution is 2.32. The van der Waals surface area contributed by atoms with Gasteiger partial charge in [0, 0.05) is 17.8 Å². The molecule has 0 saturated heterocycles. The van der Waals surface area contributed by atoms with Crippen LogP contribution in [-0.4, -0.2) is 36.1 Å². The van der Waals surface area contributed by atoms with Crippen LogP contribution in [-0.2, 0) is 20.0 Å². The molecule has 0 saturated carbocycles. The van der Waals surface area contributed by atoms with Crippen molar-refractivity contribution in [1.82, 2.24) is 4.72 Å². The average Bonchev–Trinajstić information content (AvgIpc) is 2.60. The minimum absolute atomic E-state index is 0.0184. The fourth-order valence-electron chi connectivity index (χ4n) is 2.49. The van der Waals surface area contributed by atoms with Crippen LogP contribution in [0.25, 0.3) is 0 Å². The second-order valence-corrected chi connectivity index (χ2v) is 9.61. The fraction of sp³-hybridized carbons (Fsp3) is 0.294. The monoisotopic (exact) mass is 412 g/mol. The van der Waals surface area contributed by atoms with Gasteiger partial charge in [-0.1, -0.05) is 0 Å². The molecule has 0 spiro atoms. The Balaban J connectivity index is 1.80. The van der Waals surface area contributed by atoms with Gasteiger partial charge in [0.25, 0.3) is 10.0 Å². The van der Waals surface area contributed by atoms with Gasteiger partial charge in [-0.15, -0.1) is 0 Å². The maximum atomic E-state index is 12.6. The first-order chi connectivity index (χ1) is 12.7. The molecule has 0 amide bonds. The van der Waals surface area contributed by atoms with Crippen molar-refractivity contribution in [2.24, 2.45) is 0 Å². The lowest BCUT2D eigenvalue weighted by Gasteiger charge is -2.19. The van der Waals surface area contributed by atoms with Gasteiger partial charge in [0.1, 0.15) is 13.2 Å². The Kier molecular flexibility index (Phi) is 5.31. The molecule has 146 valence electrons. The van der Waals surface area contributed by atoms with Crippen LogP contribution in [0.4, 0.5) is 5.69 Å². The van der Waals surface area contributed by atoms with Crippen molar-refractivity contribution in [2.75, 3.05) is 17.9 Å². The van der Waals surface area contributed by atoms with E-state index in [1.807, 2.05) is 0 Å². The Bertz CT molecular complexity index is 1030. The Morgan fingerprint density at radius 3 is 2.04 bits per heavy atom. The first kappa shape index (κ1) is 19.5. The molecule has 1 heterocycles. The highest BCUT2D eigenvalue weighted by Gasteiger charge is 2.20. The zero-order chi connectivity index (χ0) is 19.7. The molecular weight excluding hydrogens is 392 g/mol. The normalized spacial score (nSPS) is 14.2. The van der Waals surface area contributed by atoms with Gasteiger partial charge in [0.05, 0.1) is 9.79 Å². The zero-order valence-corrected chi connectivity index (χ0v) is 16.4. The molecule has 1 aliphatic heterocycles. The summed E-state index contributed by atoms with van der Waals surface area (Å²) in [6.45, 7) is 4.20. The summed E-state index contributed by atoms with van der Waals surface area (Å²) in [7, 11) is -7.50. The predicted octanol–water partition coefficient (Wildman–Crippen LogP) is 1.95. The van der Waals surface area contributed by atoms with Gasteiger partial charge in [-0.2, -0.15) is 0 Å². The lowest BCUT2D eigenvalue weighted by Crippen LogP contribution is -2.30. The molecule has 3 rings (SSSR count). The van der Waals surface area contributed by atoms with E-state index in [-0.39, 0.29) is 21.5 Å². The van der Waals surface area contributed by atoms with E-state index in [0.717, 1.165) is 0 Å². The molecule has 10 heteroatoms. The van der Waals surface area contributed by atoms with Crippen LogP contribution in [0, 0.1) is 0 Å². The second-order valence-electron chi connectivity index (χ2n) is 6.21. The van der Waals surface area contributed by atoms with Crippen LogP contribution < -0.4 is 18.9 Å². The number of hydrogen-bond acceptors (Lipinski definition) is 6. The molecule has 1 aliphatic rings. The lowest BCUT2D eigenvalue weighted by molar-refractivity contribution is 0.171. The molecular formula is C17H20N2O6S2. The lowest BCUT2D eigenvalue weighted by atomic mass is 10.3. The molecule has 0 radical (unpaired) electrons. The van der Waals surface area contributed by atoms with E-state index in [1.165, 1.54) is 42.5 Å². The van der Waals surface area contributed by atoms with Crippen molar-refractivity contribution in [3.05, 3.63) is 42.5 Å². The summed E-state index contributed by atoms with van der Waals surface area (Å²) in [5, 5.41) is 0. The van der Waals surface area contributed by atoms with Crippen molar-refractivity contribution < 1.29 is 26.3 Å². The Labute approximate surface area is 158 Å². The molecule has 0 aromatic heterocycles. The van der Waals surface area contributed by atoms with Crippen LogP contribution in [0.3, 0.4) is 0 Å². The van der Waals surface area contributed by atoms with Gasteiger partial charge >= 0.3 is 0 Å². The smallest absolute Gasteiger partial charge is 0.262 e. The molecule has 27 heavy (non-hydrogen) atoms. The first-order valence-electron chi connectivity index (χ1n) is 8.22. The summed E-state index contributed by atoms with van der Waals surface area (Å²) in [4.78, 5) is 0.0726. The van der Waals surface area contributed by atoms with E-state index in [9.17, 15) is 16.8 Å². The SMILES string of the molecule is CC(C)NS(=O)(=O)c1ccc(NS(=O)(=O)c2ccc3c(c2)OCCO3)cc1. The van der Waals surface area contributed by atoms with Gasteiger partial charge in [-0.25, -0.2) is 21.6 Å². The summed E-state index contributed by atoms with van der Waals surface area (Å²) in [5.74, 6) is 0.859. The summed E-state index contributed by atoms with van der Waals surface area (Å²) in [6.07, 6.45) is 0. The van der Waals surface area contributed by atoms with E-state index in [0.29, 0.717) is 24.7 Å². The van der Waals surface area contributed by atoms with Gasteiger partial charge < -0.3 is 9.47 Å². The zero-order valence-electron chi connectivity index (χ0n) is 14.8. The molecule has 0 atom stereocenters. The molecule has 2 N–H and O–H groups in total. The van der Waals surface area contributed by atoms with Crippen LogP contribution >= 0.6 is 0 Å². The minimum Gasteiger partial charge on any atom is -0.486 e. The number of anilines is 1. The molecule has 0 bridgehead atoms. The topological polar surface area (TPSA) is 111 Å². The molecule has 2 aromatic rings. The highest BCUT2D eigenvalue weighted by molar-refractivity contribution is 7.92. The van der Waals surface area contributed by atoms with Gasteiger partial charge in [0.2, 0.25) is 10.0 Å². The van der Waals surface area contributed by atoms with Gasteiger partial charge in [-0.3, -0.25) is 4.72 Å². The van der Waals surface area contributed by atoms with Crippen molar-refractivity contribution in [3.63, 3.8) is 0 Å². The van der Waals surface area contributed by atoms with Crippen molar-refractivity contribution in [1.29, 1.82) is 0 Å². The second kappa shape index (κ2) is 7.37. The van der Waals surface area contributed by atoms with Crippen molar-refractivity contribution >= 4 is 25.7 Å². The Morgan fingerprint density at radius 2 is 1.41 bits per heavy atom. The quantitative estimate of drug-likeness (QED) is 0.750. The number of sulfonamides is 2. The Morgan fingerprint density at radius 1 is 0.815 bits per heavy atom. The van der Waals surface area contributed by atoms with Crippen molar-refractivity contribution in [2.45, 2.75) is 29.7 Å². The third kappa shape index (κ3) is 4.52. The molecule has 8 nitrogen and oxygen atoms in total. The van der Waals surface area contributed by atoms with Gasteiger partial charge in [-0.05, 0) is 50.2 Å². The van der Waals surface area contributed by atoms with Gasteiger partial charge in [0.15, 0.2) is 11.5 Å². The summed E-state index contributed by atoms with van der Waals surface area (Å²) >= 11 is 0. The molecule has 0 fully saturated rings. The number of ether oxygens (including phenoxy) is 2. The summed E-state index contributed by atoms with van der Waals surface area (Å²) in [5.41, 5.74) is 0.244. The Hall–Kier alpha value is -2.30. The van der Waals surface area contributed by atoms with E-state index in [4.69, 9.17) is 9.47 Å². The number of benzene rings is 2. The van der Waals surface area contributed by atoms with E-state index in [1.54, 1.807) is 13.8 Å². The number of rotatable bonds is 6. The molecule has 0 unspecified atom stereocenters. The largest absolute Gasteiger partial charge is 0.486 e. The van der Waals surface area contributed by atoms with Crippen molar-refractivity contribution in [3.8, 4) is 11.5 Å². The third-order valence-electron chi connectivity index (χ3n) is 3.63. The number of nitrogens with one attached hydrogen (secondary N) is 2. The predicted molar refractivity (Wildman–Crippen MR) is 100 cm³/mol. The van der Waals surface area contributed by atoms with E-state index in [2.05, 4.69) is 9.44 Å². The van der Waals surface area contributed by atoms with E-state index < -0.39 is 20.0 Å². The molecule has 2 aromatic carbocycles. The highest BCUT2D eigenvalue weighted by atomic mass is 32.2. The van der Waals surface area contributed by atoms with E-state index >= 15 is 0 Å². The summed E-state index contributed by atoms with van der Waals surface area (Å²) < 4.78 is 65.1. The van der Waals surface area contributed by atoms with Crippen LogP contribution in [0.5, 0.6) is 11.5 Å². The number of fused-ring (bicyclic) bond motifs is 1. The number of hydrogen-bond donors (Lipinski definition) is 2. The van der Waals surface area contributed by atoms with Crippen LogP contribution in [0.15, 0.2) is 52.3 Å². The third-order valence-corrected chi connectivity index (χ3v) is 6.69. The standard InChI is InChI=1S/C17H20N2O6S2/c1-12(2)18-26(20,21)14-5-3-13(4-6-14)19-27(22,23)15-7-8-16-17(11-15)25-10-9-24-16/h3-8,11-12,18-19H,9-10H2,1-2H3. The summed E-state index contributed by atoms with van der Waals surface area (Å²) in [6, 6.07) is 9.57. The van der Waals surface area contributed by atoms with Crippen LogP contribution in [0.2, 0.25) is 0 Å². The average molecular weight is 412 g/mol. The fourth-order valence-corrected chi connectivity index (χ4v) is 4.81. The minimum atomic E-state index is -3.86. The maximum Gasteiger partial charge on any atom is 0.262 e. The molecule has 0 aliphatic carbocycles. The van der Waals surface area contributed by atoms with Crippen LogP contribution in [0.1, 0.15) is 13.8 Å². The first-order valence-corrected chi connectivity index (χ1v) is 11.2. The maximum absolute atomic E-state index is 12.6.